The van der Waals surface area contributed by atoms with Crippen molar-refractivity contribution in [3.63, 3.8) is 0 Å². The quantitative estimate of drug-likeness (QED) is 0.830. The Kier molecular flexibility index (Phi) is 4.64. The third-order valence-electron chi connectivity index (χ3n) is 3.27. The van der Waals surface area contributed by atoms with E-state index in [2.05, 4.69) is 28.9 Å². The van der Waals surface area contributed by atoms with Gasteiger partial charge in [-0.3, -0.25) is 4.90 Å². The molecule has 2 atom stereocenters. The highest BCUT2D eigenvalue weighted by Crippen LogP contribution is 2.25. The van der Waals surface area contributed by atoms with Crippen LogP contribution < -0.4 is 5.73 Å². The molecule has 15 heavy (non-hydrogen) atoms. The molecule has 1 aromatic heterocycles. The average molecular weight is 230 g/mol. The van der Waals surface area contributed by atoms with Crippen LogP contribution in [0, 0.1) is 5.92 Å². The van der Waals surface area contributed by atoms with Gasteiger partial charge in [0, 0.05) is 24.5 Å². The van der Waals surface area contributed by atoms with Crippen LogP contribution in [0.25, 0.3) is 0 Å². The summed E-state index contributed by atoms with van der Waals surface area (Å²) in [6.45, 7) is 5.41. The molecule has 1 fully saturated rings. The Hall–Kier alpha value is -0.510. The molecule has 2 rings (SSSR count). The Labute approximate surface area is 97.4 Å². The molecule has 0 spiro atoms. The van der Waals surface area contributed by atoms with E-state index < -0.39 is 0 Å². The van der Waals surface area contributed by atoms with Gasteiger partial charge in [-0.05, 0) is 44.5 Å². The summed E-state index contributed by atoms with van der Waals surface area (Å²) in [5.41, 5.74) is 6.99. The highest BCUT2D eigenvalue weighted by molar-refractivity contribution is 5.85. The number of nitrogens with one attached hydrogen (secondary N) is 1. The molecular formula is C11H20ClN3. The third kappa shape index (κ3) is 2.74. The Morgan fingerprint density at radius 2 is 2.47 bits per heavy atom. The van der Waals surface area contributed by atoms with Crippen molar-refractivity contribution < 1.29 is 0 Å². The van der Waals surface area contributed by atoms with Crippen molar-refractivity contribution >= 4 is 12.4 Å². The molecule has 3 N–H and O–H groups in total. The molecule has 0 saturated carbocycles. The lowest BCUT2D eigenvalue weighted by Gasteiger charge is -2.23. The van der Waals surface area contributed by atoms with Gasteiger partial charge in [-0.1, -0.05) is 0 Å². The van der Waals surface area contributed by atoms with Crippen LogP contribution in [0.4, 0.5) is 0 Å². The molecule has 1 aliphatic heterocycles. The number of likely N-dealkylation sites (tertiary alicyclic amines) is 1. The van der Waals surface area contributed by atoms with Crippen LogP contribution in [0.5, 0.6) is 0 Å². The van der Waals surface area contributed by atoms with Gasteiger partial charge in [0.1, 0.15) is 0 Å². The molecule has 3 nitrogen and oxygen atoms in total. The van der Waals surface area contributed by atoms with Crippen LogP contribution in [-0.4, -0.2) is 29.5 Å². The number of hydrogen-bond acceptors (Lipinski definition) is 2. The van der Waals surface area contributed by atoms with Crippen LogP contribution >= 0.6 is 12.4 Å². The fraction of sp³-hybridized carbons (Fsp3) is 0.636. The van der Waals surface area contributed by atoms with Gasteiger partial charge in [0.15, 0.2) is 0 Å². The van der Waals surface area contributed by atoms with Crippen LogP contribution in [-0.2, 0) is 0 Å². The second kappa shape index (κ2) is 5.54. The normalized spacial score (nSPS) is 23.7. The number of halogens is 1. The number of aromatic amines is 1. The summed E-state index contributed by atoms with van der Waals surface area (Å²) in [4.78, 5) is 5.78. The van der Waals surface area contributed by atoms with Crippen molar-refractivity contribution in [3.8, 4) is 0 Å². The minimum Gasteiger partial charge on any atom is -0.364 e. The summed E-state index contributed by atoms with van der Waals surface area (Å²) in [7, 11) is 0. The number of nitrogens with two attached hydrogens (primary N) is 1. The SMILES string of the molecule is CC(c1ccc[nH]1)N1CCC(CN)C1.Cl. The van der Waals surface area contributed by atoms with Gasteiger partial charge in [-0.15, -0.1) is 12.4 Å². The van der Waals surface area contributed by atoms with E-state index in [1.54, 1.807) is 0 Å². The maximum atomic E-state index is 5.68. The van der Waals surface area contributed by atoms with Crippen molar-refractivity contribution in [2.24, 2.45) is 11.7 Å². The van der Waals surface area contributed by atoms with Crippen molar-refractivity contribution in [2.45, 2.75) is 19.4 Å². The summed E-state index contributed by atoms with van der Waals surface area (Å²) >= 11 is 0. The van der Waals surface area contributed by atoms with Crippen molar-refractivity contribution in [2.75, 3.05) is 19.6 Å². The molecule has 0 aliphatic carbocycles. The van der Waals surface area contributed by atoms with Crippen LogP contribution in [0.15, 0.2) is 18.3 Å². The monoisotopic (exact) mass is 229 g/mol. The van der Waals surface area contributed by atoms with Gasteiger partial charge in [0.2, 0.25) is 0 Å². The van der Waals surface area contributed by atoms with Crippen molar-refractivity contribution in [3.05, 3.63) is 24.0 Å². The maximum Gasteiger partial charge on any atom is 0.0470 e. The van der Waals surface area contributed by atoms with Crippen LogP contribution in [0.1, 0.15) is 25.1 Å². The smallest absolute Gasteiger partial charge is 0.0470 e. The first-order chi connectivity index (χ1) is 6.81. The van der Waals surface area contributed by atoms with E-state index in [-0.39, 0.29) is 12.4 Å². The number of rotatable bonds is 3. The van der Waals surface area contributed by atoms with E-state index in [1.807, 2.05) is 6.20 Å². The Bertz CT molecular complexity index is 273. The lowest BCUT2D eigenvalue weighted by molar-refractivity contribution is 0.250. The second-order valence-electron chi connectivity index (χ2n) is 4.19. The molecule has 0 bridgehead atoms. The number of hydrogen-bond donors (Lipinski definition) is 2. The minimum atomic E-state index is 0. The largest absolute Gasteiger partial charge is 0.364 e. The van der Waals surface area contributed by atoms with Gasteiger partial charge in [-0.2, -0.15) is 0 Å². The minimum absolute atomic E-state index is 0. The predicted octanol–water partition coefficient (Wildman–Crippen LogP) is 1.78. The average Bonchev–Trinajstić information content (AvgIpc) is 2.88. The molecule has 1 aromatic rings. The zero-order valence-corrected chi connectivity index (χ0v) is 9.96. The number of aromatic nitrogens is 1. The molecule has 4 heteroatoms. The van der Waals surface area contributed by atoms with E-state index in [9.17, 15) is 0 Å². The lowest BCUT2D eigenvalue weighted by Crippen LogP contribution is -2.26. The first-order valence-electron chi connectivity index (χ1n) is 5.38. The van der Waals surface area contributed by atoms with Crippen molar-refractivity contribution in [1.82, 2.24) is 9.88 Å². The highest BCUT2D eigenvalue weighted by atomic mass is 35.5. The third-order valence-corrected chi connectivity index (χ3v) is 3.27. The predicted molar refractivity (Wildman–Crippen MR) is 65.2 cm³/mol. The van der Waals surface area contributed by atoms with Crippen LogP contribution in [0.3, 0.4) is 0 Å². The molecule has 0 radical (unpaired) electrons. The molecular weight excluding hydrogens is 210 g/mol. The van der Waals surface area contributed by atoms with Gasteiger partial charge < -0.3 is 10.7 Å². The summed E-state index contributed by atoms with van der Waals surface area (Å²) < 4.78 is 0. The zero-order chi connectivity index (χ0) is 9.97. The van der Waals surface area contributed by atoms with Crippen LogP contribution in [0.2, 0.25) is 0 Å². The molecule has 0 amide bonds. The van der Waals surface area contributed by atoms with E-state index in [4.69, 9.17) is 5.73 Å². The first kappa shape index (κ1) is 12.6. The van der Waals surface area contributed by atoms with Gasteiger partial charge in [-0.25, -0.2) is 0 Å². The zero-order valence-electron chi connectivity index (χ0n) is 9.15. The molecule has 2 unspecified atom stereocenters. The Balaban J connectivity index is 0.00000112. The summed E-state index contributed by atoms with van der Waals surface area (Å²) in [6.07, 6.45) is 3.24. The molecule has 86 valence electrons. The standard InChI is InChI=1S/C11H19N3.ClH/c1-9(11-3-2-5-13-11)14-6-4-10(7-12)8-14;/h2-3,5,9-10,13H,4,6-8,12H2,1H3;1H. The number of H-pyrrole nitrogens is 1. The van der Waals surface area contributed by atoms with E-state index in [0.29, 0.717) is 12.0 Å². The fourth-order valence-corrected chi connectivity index (χ4v) is 2.21. The Morgan fingerprint density at radius 1 is 1.67 bits per heavy atom. The summed E-state index contributed by atoms with van der Waals surface area (Å²) in [5, 5.41) is 0. The lowest BCUT2D eigenvalue weighted by atomic mass is 10.1. The summed E-state index contributed by atoms with van der Waals surface area (Å²) in [6, 6.07) is 4.71. The second-order valence-corrected chi connectivity index (χ2v) is 4.19. The van der Waals surface area contributed by atoms with Gasteiger partial charge in [0.05, 0.1) is 0 Å². The van der Waals surface area contributed by atoms with Gasteiger partial charge in [0.25, 0.3) is 0 Å². The Morgan fingerprint density at radius 3 is 3.00 bits per heavy atom. The van der Waals surface area contributed by atoms with Crippen molar-refractivity contribution in [1.29, 1.82) is 0 Å². The maximum absolute atomic E-state index is 5.68. The van der Waals surface area contributed by atoms with Gasteiger partial charge >= 0.3 is 0 Å². The number of nitrogens with zero attached hydrogens (tertiary/aromatic N) is 1. The fourth-order valence-electron chi connectivity index (χ4n) is 2.21. The topological polar surface area (TPSA) is 45.0 Å². The molecule has 1 aliphatic rings. The molecule has 2 heterocycles. The van der Waals surface area contributed by atoms with E-state index in [0.717, 1.165) is 13.1 Å². The molecule has 1 saturated heterocycles. The first-order valence-corrected chi connectivity index (χ1v) is 5.38. The molecule has 0 aromatic carbocycles. The summed E-state index contributed by atoms with van der Waals surface area (Å²) in [5.74, 6) is 0.701. The highest BCUT2D eigenvalue weighted by Gasteiger charge is 2.25. The van der Waals surface area contributed by atoms with E-state index >= 15 is 0 Å². The van der Waals surface area contributed by atoms with E-state index in [1.165, 1.54) is 18.7 Å².